The van der Waals surface area contributed by atoms with Crippen LogP contribution in [0, 0.1) is 12.4 Å². The molecule has 0 spiro atoms. The van der Waals surface area contributed by atoms with Crippen LogP contribution in [0.1, 0.15) is 25.2 Å². The first-order valence-electron chi connectivity index (χ1n) is 12.0. The van der Waals surface area contributed by atoms with Gasteiger partial charge in [0.2, 0.25) is 0 Å². The number of benzene rings is 2. The van der Waals surface area contributed by atoms with Crippen molar-refractivity contribution in [1.82, 2.24) is 34.5 Å². The van der Waals surface area contributed by atoms with Crippen LogP contribution in [-0.2, 0) is 26.5 Å². The van der Waals surface area contributed by atoms with Crippen molar-refractivity contribution in [2.24, 2.45) is 0 Å². The fourth-order valence-electron chi connectivity index (χ4n) is 4.11. The van der Waals surface area contributed by atoms with Gasteiger partial charge in [0.15, 0.2) is 0 Å². The Bertz CT molecular complexity index is 1530. The average molecular weight is 677 g/mol. The van der Waals surface area contributed by atoms with Crippen LogP contribution >= 0.6 is 0 Å². The Kier molecular flexibility index (Phi) is 7.12. The van der Waals surface area contributed by atoms with E-state index < -0.39 is 5.41 Å². The maximum Gasteiger partial charge on any atom is 2.00 e. The Morgan fingerprint density at radius 2 is 1.21 bits per heavy atom. The molecule has 0 saturated heterocycles. The monoisotopic (exact) mass is 676 g/mol. The molecule has 0 unspecified atom stereocenters. The standard InChI is InChI=1S/C30H23N7.Pt/c1-30(2,26-14-9-15-28(32-26)36-20-17-24(34-36)22-10-5-3-6-11-22)27-16-19-31-29(33-27)37-21-18-25(35-37)23-12-7-4-8-13-23;/h3-19H,1-2H3;/q-2;+2. The van der Waals surface area contributed by atoms with Gasteiger partial charge in [0.25, 0.3) is 0 Å². The topological polar surface area (TPSA) is 74.3 Å². The number of aromatic nitrogens is 7. The van der Waals surface area contributed by atoms with Crippen LogP contribution in [0.25, 0.3) is 34.3 Å². The maximum atomic E-state index is 4.92. The van der Waals surface area contributed by atoms with Gasteiger partial charge in [0.05, 0.1) is 5.82 Å². The van der Waals surface area contributed by atoms with Crippen molar-refractivity contribution >= 4 is 0 Å². The molecule has 0 fully saturated rings. The summed E-state index contributed by atoms with van der Waals surface area (Å²) >= 11 is 0. The molecule has 4 aromatic heterocycles. The molecule has 0 saturated carbocycles. The Balaban J connectivity index is 0.00000294. The van der Waals surface area contributed by atoms with E-state index in [1.165, 1.54) is 0 Å². The van der Waals surface area contributed by atoms with Gasteiger partial charge in [0, 0.05) is 23.0 Å². The second kappa shape index (κ2) is 10.6. The van der Waals surface area contributed by atoms with Gasteiger partial charge in [-0.2, -0.15) is 0 Å². The molecule has 0 N–H and O–H groups in total. The first-order valence-corrected chi connectivity index (χ1v) is 12.0. The largest absolute Gasteiger partial charge is 2.00 e. The smallest absolute Gasteiger partial charge is 0.343 e. The van der Waals surface area contributed by atoms with E-state index in [9.17, 15) is 0 Å². The molecule has 0 aliphatic rings. The van der Waals surface area contributed by atoms with Crippen molar-refractivity contribution in [3.63, 3.8) is 0 Å². The first-order chi connectivity index (χ1) is 18.1. The quantitative estimate of drug-likeness (QED) is 0.218. The molecule has 6 aromatic rings. The molecular weight excluding hydrogens is 653 g/mol. The molecule has 2 aromatic carbocycles. The molecule has 0 aliphatic heterocycles. The van der Waals surface area contributed by atoms with E-state index in [1.54, 1.807) is 15.6 Å². The normalized spacial score (nSPS) is 11.2. The van der Waals surface area contributed by atoms with Crippen LogP contribution < -0.4 is 0 Å². The van der Waals surface area contributed by atoms with E-state index in [0.717, 1.165) is 33.9 Å². The van der Waals surface area contributed by atoms with Crippen LogP contribution in [0.15, 0.2) is 103 Å². The number of hydrogen-bond donors (Lipinski definition) is 0. The van der Waals surface area contributed by atoms with Crippen molar-refractivity contribution in [3.05, 3.63) is 127 Å². The Labute approximate surface area is 235 Å². The van der Waals surface area contributed by atoms with Gasteiger partial charge in [-0.25, -0.2) is 0 Å². The number of rotatable bonds is 6. The number of hydrogen-bond acceptors (Lipinski definition) is 5. The molecule has 0 bridgehead atoms. The predicted octanol–water partition coefficient (Wildman–Crippen LogP) is 5.50. The fraction of sp³-hybridized carbons (Fsp3) is 0.100. The summed E-state index contributed by atoms with van der Waals surface area (Å²) < 4.78 is 3.26. The van der Waals surface area contributed by atoms with Gasteiger partial charge < -0.3 is 9.36 Å². The van der Waals surface area contributed by atoms with Crippen molar-refractivity contribution in [2.45, 2.75) is 19.3 Å². The summed E-state index contributed by atoms with van der Waals surface area (Å²) in [4.78, 5) is 14.2. The zero-order chi connectivity index (χ0) is 25.2. The molecule has 188 valence electrons. The summed E-state index contributed by atoms with van der Waals surface area (Å²) in [5.74, 6) is 1.15. The summed E-state index contributed by atoms with van der Waals surface area (Å²) in [6.07, 6.45) is 8.07. The molecule has 0 radical (unpaired) electrons. The van der Waals surface area contributed by atoms with Crippen LogP contribution in [0.5, 0.6) is 0 Å². The minimum Gasteiger partial charge on any atom is -0.343 e. The minimum atomic E-state index is -0.501. The molecule has 6 rings (SSSR count). The van der Waals surface area contributed by atoms with Crippen molar-refractivity contribution in [2.75, 3.05) is 0 Å². The zero-order valence-electron chi connectivity index (χ0n) is 20.8. The summed E-state index contributed by atoms with van der Waals surface area (Å²) in [6.45, 7) is 4.19. The third kappa shape index (κ3) is 4.98. The van der Waals surface area contributed by atoms with E-state index in [4.69, 9.17) is 9.97 Å². The molecule has 4 heterocycles. The summed E-state index contributed by atoms with van der Waals surface area (Å²) in [5.41, 5.74) is 4.88. The molecule has 7 nitrogen and oxygen atoms in total. The van der Waals surface area contributed by atoms with E-state index in [2.05, 4.69) is 41.4 Å². The van der Waals surface area contributed by atoms with Gasteiger partial charge in [-0.15, -0.1) is 12.1 Å². The molecule has 0 amide bonds. The third-order valence-electron chi connectivity index (χ3n) is 6.27. The molecule has 8 heteroatoms. The van der Waals surface area contributed by atoms with E-state index >= 15 is 0 Å². The van der Waals surface area contributed by atoms with Crippen LogP contribution in [-0.4, -0.2) is 34.5 Å². The number of nitrogens with zero attached hydrogens (tertiary/aromatic N) is 7. The summed E-state index contributed by atoms with van der Waals surface area (Å²) in [5, 5.41) is 9.32. The molecule has 38 heavy (non-hydrogen) atoms. The van der Waals surface area contributed by atoms with Gasteiger partial charge >= 0.3 is 21.1 Å². The first kappa shape index (κ1) is 25.4. The van der Waals surface area contributed by atoms with Gasteiger partial charge in [-0.3, -0.25) is 25.1 Å². The maximum absolute atomic E-state index is 4.92. The predicted molar refractivity (Wildman–Crippen MR) is 141 cm³/mol. The van der Waals surface area contributed by atoms with Gasteiger partial charge in [-0.1, -0.05) is 96.3 Å². The Hall–Kier alpha value is -4.22. The Morgan fingerprint density at radius 1 is 0.632 bits per heavy atom. The SMILES string of the molecule is CC(C)(c1cccc(-n2[c-]cc(-c3ccccc3)n2)n1)c1ccnc(-n2[c-]cc(-c3ccccc3)n2)n1.[Pt+2]. The molecule has 0 aliphatic carbocycles. The zero-order valence-corrected chi connectivity index (χ0v) is 23.0. The summed E-state index contributed by atoms with van der Waals surface area (Å²) in [6, 6.07) is 31.5. The van der Waals surface area contributed by atoms with Gasteiger partial charge in [-0.05, 0) is 37.4 Å². The number of pyridine rings is 1. The van der Waals surface area contributed by atoms with E-state index in [0.29, 0.717) is 11.8 Å². The average Bonchev–Trinajstić information content (AvgIpc) is 3.65. The summed E-state index contributed by atoms with van der Waals surface area (Å²) in [7, 11) is 0. The second-order valence-electron chi connectivity index (χ2n) is 9.12. The van der Waals surface area contributed by atoms with Gasteiger partial charge in [0.1, 0.15) is 5.95 Å². The fourth-order valence-corrected chi connectivity index (χ4v) is 4.11. The molecule has 0 atom stereocenters. The van der Waals surface area contributed by atoms with E-state index in [-0.39, 0.29) is 21.1 Å². The van der Waals surface area contributed by atoms with E-state index in [1.807, 2.05) is 97.1 Å². The van der Waals surface area contributed by atoms with Crippen LogP contribution in [0.4, 0.5) is 0 Å². The van der Waals surface area contributed by atoms with Crippen molar-refractivity contribution in [3.8, 4) is 34.3 Å². The van der Waals surface area contributed by atoms with Crippen molar-refractivity contribution < 1.29 is 21.1 Å². The van der Waals surface area contributed by atoms with Crippen molar-refractivity contribution in [1.29, 1.82) is 0 Å². The molecular formula is C30H23N7Pt. The van der Waals surface area contributed by atoms with Crippen LogP contribution in [0.3, 0.4) is 0 Å². The minimum absolute atomic E-state index is 0. The second-order valence-corrected chi connectivity index (χ2v) is 9.12. The Morgan fingerprint density at radius 3 is 1.87 bits per heavy atom. The van der Waals surface area contributed by atoms with Crippen LogP contribution in [0.2, 0.25) is 0 Å². The third-order valence-corrected chi connectivity index (χ3v) is 6.27.